The number of rotatable bonds is 5. The SMILES string of the molecule is CC1(c2ccc(O)cc2)CSc2cc(O)ccc2C1Cc1cccc(/C=C/C(=O)O)c1. The number of hydrogen-bond acceptors (Lipinski definition) is 4. The number of aromatic hydroxyl groups is 2. The third-order valence-corrected chi connectivity index (χ3v) is 7.41. The topological polar surface area (TPSA) is 77.8 Å². The Hall–Kier alpha value is -3.18. The highest BCUT2D eigenvalue weighted by Gasteiger charge is 2.41. The average Bonchev–Trinajstić information content (AvgIpc) is 2.75. The van der Waals surface area contributed by atoms with E-state index in [9.17, 15) is 15.0 Å². The summed E-state index contributed by atoms with van der Waals surface area (Å²) in [6, 6.07) is 20.9. The number of phenols is 2. The van der Waals surface area contributed by atoms with E-state index in [0.29, 0.717) is 0 Å². The second kappa shape index (κ2) is 8.52. The fourth-order valence-corrected chi connectivity index (χ4v) is 5.70. The van der Waals surface area contributed by atoms with Gasteiger partial charge in [0.1, 0.15) is 11.5 Å². The van der Waals surface area contributed by atoms with Gasteiger partial charge in [-0.1, -0.05) is 49.4 Å². The first kappa shape index (κ1) is 21.1. The van der Waals surface area contributed by atoms with Crippen LogP contribution in [0.2, 0.25) is 0 Å². The molecule has 1 aliphatic heterocycles. The van der Waals surface area contributed by atoms with Gasteiger partial charge in [-0.25, -0.2) is 4.79 Å². The maximum atomic E-state index is 10.9. The fourth-order valence-electron chi connectivity index (χ4n) is 4.30. The van der Waals surface area contributed by atoms with E-state index in [2.05, 4.69) is 13.0 Å². The predicted molar refractivity (Wildman–Crippen MR) is 124 cm³/mol. The van der Waals surface area contributed by atoms with Crippen LogP contribution in [0.4, 0.5) is 0 Å². The van der Waals surface area contributed by atoms with Gasteiger partial charge in [-0.15, -0.1) is 11.8 Å². The van der Waals surface area contributed by atoms with Crippen molar-refractivity contribution >= 4 is 23.8 Å². The first-order chi connectivity index (χ1) is 14.8. The number of carbonyl (C=O) groups is 1. The second-order valence-electron chi connectivity index (χ2n) is 8.15. The molecule has 2 unspecified atom stereocenters. The first-order valence-electron chi connectivity index (χ1n) is 10.1. The Kier molecular flexibility index (Phi) is 5.79. The summed E-state index contributed by atoms with van der Waals surface area (Å²) >= 11 is 1.74. The van der Waals surface area contributed by atoms with E-state index in [-0.39, 0.29) is 22.8 Å². The number of phenolic OH excluding ortho intramolecular Hbond substituents is 2. The molecule has 158 valence electrons. The smallest absolute Gasteiger partial charge is 0.328 e. The number of carboxylic acid groups (broad SMARTS) is 1. The van der Waals surface area contributed by atoms with Crippen LogP contribution in [-0.2, 0) is 16.6 Å². The summed E-state index contributed by atoms with van der Waals surface area (Å²) < 4.78 is 0. The third kappa shape index (κ3) is 4.47. The van der Waals surface area contributed by atoms with Crippen LogP contribution in [-0.4, -0.2) is 27.0 Å². The molecule has 0 amide bonds. The van der Waals surface area contributed by atoms with Gasteiger partial charge in [0.2, 0.25) is 0 Å². The fraction of sp³-hybridized carbons (Fsp3) is 0.192. The molecule has 4 rings (SSSR count). The van der Waals surface area contributed by atoms with E-state index in [4.69, 9.17) is 5.11 Å². The Balaban J connectivity index is 1.76. The van der Waals surface area contributed by atoms with Crippen LogP contribution >= 0.6 is 11.8 Å². The number of aliphatic carboxylic acids is 1. The number of hydrogen-bond donors (Lipinski definition) is 3. The molecule has 0 radical (unpaired) electrons. The minimum Gasteiger partial charge on any atom is -0.508 e. The molecule has 3 aromatic rings. The van der Waals surface area contributed by atoms with Gasteiger partial charge in [0, 0.05) is 22.1 Å². The molecule has 1 aliphatic rings. The van der Waals surface area contributed by atoms with E-state index in [1.165, 1.54) is 5.56 Å². The Morgan fingerprint density at radius 1 is 1.06 bits per heavy atom. The molecule has 0 saturated carbocycles. The Morgan fingerprint density at radius 3 is 2.55 bits per heavy atom. The number of thioether (sulfide) groups is 1. The first-order valence-corrected chi connectivity index (χ1v) is 11.1. The van der Waals surface area contributed by atoms with Gasteiger partial charge in [-0.05, 0) is 64.9 Å². The van der Waals surface area contributed by atoms with Crippen molar-refractivity contribution in [2.24, 2.45) is 0 Å². The molecule has 31 heavy (non-hydrogen) atoms. The maximum Gasteiger partial charge on any atom is 0.328 e. The van der Waals surface area contributed by atoms with E-state index < -0.39 is 5.97 Å². The standard InChI is InChI=1S/C26H24O4S/c1-26(19-6-8-20(27)9-7-19)16-31-24-15-21(28)10-11-22(24)23(26)14-18-4-2-3-17(13-18)5-12-25(29)30/h2-13,15,23,27-28H,14,16H2,1H3,(H,29,30)/b12-5+. The molecule has 0 aliphatic carbocycles. The summed E-state index contributed by atoms with van der Waals surface area (Å²) in [7, 11) is 0. The lowest BCUT2D eigenvalue weighted by Gasteiger charge is -2.43. The van der Waals surface area contributed by atoms with Crippen molar-refractivity contribution in [2.45, 2.75) is 29.6 Å². The van der Waals surface area contributed by atoms with Crippen molar-refractivity contribution in [3.63, 3.8) is 0 Å². The molecule has 0 aromatic heterocycles. The zero-order valence-corrected chi connectivity index (χ0v) is 18.0. The van der Waals surface area contributed by atoms with E-state index in [0.717, 1.165) is 39.8 Å². The van der Waals surface area contributed by atoms with Crippen LogP contribution in [0, 0.1) is 0 Å². The molecular formula is C26H24O4S. The van der Waals surface area contributed by atoms with Crippen molar-refractivity contribution in [1.82, 2.24) is 0 Å². The zero-order chi connectivity index (χ0) is 22.0. The Bertz CT molecular complexity index is 1140. The highest BCUT2D eigenvalue weighted by molar-refractivity contribution is 7.99. The molecule has 4 nitrogen and oxygen atoms in total. The van der Waals surface area contributed by atoms with Gasteiger partial charge in [0.05, 0.1) is 0 Å². The lowest BCUT2D eigenvalue weighted by Crippen LogP contribution is -2.37. The van der Waals surface area contributed by atoms with Gasteiger partial charge in [0.15, 0.2) is 0 Å². The molecule has 1 heterocycles. The second-order valence-corrected chi connectivity index (χ2v) is 9.17. The van der Waals surface area contributed by atoms with Crippen molar-refractivity contribution < 1.29 is 20.1 Å². The predicted octanol–water partition coefficient (Wildman–Crippen LogP) is 5.59. The third-order valence-electron chi connectivity index (χ3n) is 6.01. The van der Waals surface area contributed by atoms with Crippen LogP contribution in [0.3, 0.4) is 0 Å². The molecular weight excluding hydrogens is 408 g/mol. The van der Waals surface area contributed by atoms with Gasteiger partial charge < -0.3 is 15.3 Å². The summed E-state index contributed by atoms with van der Waals surface area (Å²) in [4.78, 5) is 12.0. The highest BCUT2D eigenvalue weighted by atomic mass is 32.2. The molecule has 2 atom stereocenters. The van der Waals surface area contributed by atoms with E-state index in [1.54, 1.807) is 36.0 Å². The number of carboxylic acids is 1. The van der Waals surface area contributed by atoms with Crippen LogP contribution < -0.4 is 0 Å². The largest absolute Gasteiger partial charge is 0.508 e. The average molecular weight is 433 g/mol. The molecule has 3 N–H and O–H groups in total. The quantitative estimate of drug-likeness (QED) is 0.459. The zero-order valence-electron chi connectivity index (χ0n) is 17.2. The van der Waals surface area contributed by atoms with Crippen molar-refractivity contribution in [1.29, 1.82) is 0 Å². The monoisotopic (exact) mass is 432 g/mol. The lowest BCUT2D eigenvalue weighted by atomic mass is 9.67. The highest BCUT2D eigenvalue weighted by Crippen LogP contribution is 2.52. The summed E-state index contributed by atoms with van der Waals surface area (Å²) in [6.45, 7) is 2.25. The van der Waals surface area contributed by atoms with Gasteiger partial charge in [-0.3, -0.25) is 0 Å². The maximum absolute atomic E-state index is 10.9. The summed E-state index contributed by atoms with van der Waals surface area (Å²) in [5.41, 5.74) is 4.13. The van der Waals surface area contributed by atoms with Crippen LogP contribution in [0.1, 0.15) is 35.1 Å². The lowest BCUT2D eigenvalue weighted by molar-refractivity contribution is -0.131. The van der Waals surface area contributed by atoms with Gasteiger partial charge in [0.25, 0.3) is 0 Å². The van der Waals surface area contributed by atoms with Crippen molar-refractivity contribution in [3.05, 3.63) is 95.1 Å². The molecule has 0 bridgehead atoms. The van der Waals surface area contributed by atoms with Gasteiger partial charge in [-0.2, -0.15) is 0 Å². The molecule has 0 spiro atoms. The Labute approximate surface area is 185 Å². The minimum absolute atomic E-state index is 0.146. The van der Waals surface area contributed by atoms with Gasteiger partial charge >= 0.3 is 5.97 Å². The Morgan fingerprint density at radius 2 is 1.81 bits per heavy atom. The number of benzene rings is 3. The molecule has 0 saturated heterocycles. The molecule has 5 heteroatoms. The van der Waals surface area contributed by atoms with E-state index in [1.807, 2.05) is 42.5 Å². The number of fused-ring (bicyclic) bond motifs is 1. The summed E-state index contributed by atoms with van der Waals surface area (Å²) in [6.07, 6.45) is 3.52. The van der Waals surface area contributed by atoms with Crippen LogP contribution in [0.5, 0.6) is 11.5 Å². The van der Waals surface area contributed by atoms with Crippen LogP contribution in [0.25, 0.3) is 6.08 Å². The van der Waals surface area contributed by atoms with E-state index >= 15 is 0 Å². The van der Waals surface area contributed by atoms with Crippen molar-refractivity contribution in [2.75, 3.05) is 5.75 Å². The summed E-state index contributed by atoms with van der Waals surface area (Å²) in [5, 5.41) is 28.7. The minimum atomic E-state index is -0.969. The summed E-state index contributed by atoms with van der Waals surface area (Å²) in [5.74, 6) is 0.530. The molecule has 0 fully saturated rings. The normalized spacial score (nSPS) is 20.5. The molecule has 3 aromatic carbocycles. The van der Waals surface area contributed by atoms with Crippen LogP contribution in [0.15, 0.2) is 77.7 Å². The van der Waals surface area contributed by atoms with Crippen molar-refractivity contribution in [3.8, 4) is 11.5 Å².